The van der Waals surface area contributed by atoms with Crippen LogP contribution in [-0.4, -0.2) is 19.6 Å². The van der Waals surface area contributed by atoms with Gasteiger partial charge in [0.05, 0.1) is 18.6 Å². The van der Waals surface area contributed by atoms with Gasteiger partial charge in [-0.25, -0.2) is 4.98 Å². The molecule has 4 nitrogen and oxygen atoms in total. The summed E-state index contributed by atoms with van der Waals surface area (Å²) in [5.74, 6) is 0. The molecule has 2 heterocycles. The largest absolute Gasteiger partial charge is 0.377 e. The van der Waals surface area contributed by atoms with Crippen LogP contribution in [0.2, 0.25) is 5.02 Å². The number of aliphatic hydroxyl groups is 1. The van der Waals surface area contributed by atoms with Crippen molar-refractivity contribution >= 4 is 17.7 Å². The third kappa shape index (κ3) is 3.86. The first kappa shape index (κ1) is 15.5. The highest BCUT2D eigenvalue weighted by Crippen LogP contribution is 2.24. The van der Waals surface area contributed by atoms with E-state index in [1.807, 2.05) is 59.3 Å². The van der Waals surface area contributed by atoms with Gasteiger partial charge in [0.1, 0.15) is 5.60 Å². The molecule has 1 atom stereocenters. The smallest absolute Gasteiger partial charge is 0.143 e. The number of benzene rings is 1. The highest BCUT2D eigenvalue weighted by Gasteiger charge is 2.28. The van der Waals surface area contributed by atoms with Crippen LogP contribution in [0.3, 0.4) is 0 Å². The van der Waals surface area contributed by atoms with Crippen LogP contribution < -0.4 is 0 Å². The highest BCUT2D eigenvalue weighted by atomic mass is 35.5. The first-order valence-electron chi connectivity index (χ1n) is 7.20. The number of pyridine rings is 1. The molecule has 0 saturated heterocycles. The summed E-state index contributed by atoms with van der Waals surface area (Å²) in [5.41, 5.74) is 0.301. The van der Waals surface area contributed by atoms with Crippen molar-refractivity contribution < 1.29 is 5.11 Å². The molecule has 0 amide bonds. The van der Waals surface area contributed by atoms with Crippen molar-refractivity contribution in [3.05, 3.63) is 89.7 Å². The van der Waals surface area contributed by atoms with Gasteiger partial charge >= 0.3 is 0 Å². The Morgan fingerprint density at radius 3 is 2.61 bits per heavy atom. The van der Waals surface area contributed by atoms with Crippen molar-refractivity contribution in [3.63, 3.8) is 0 Å². The Balaban J connectivity index is 1.93. The molecule has 0 aliphatic rings. The molecule has 3 aromatic rings. The normalized spacial score (nSPS) is 14.0. The van der Waals surface area contributed by atoms with E-state index in [4.69, 9.17) is 11.6 Å². The molecule has 0 aliphatic heterocycles. The molecule has 0 aliphatic carbocycles. The standard InChI is InChI=1S/C18H16ClN3O/c19-16-6-4-15(5-7-16)8-9-18(23,13-22-12-11-20-14-22)17-3-1-2-10-21-17/h1-12,14,23H,13H2/b9-8-/t18-/m0/s1. The molecular weight excluding hydrogens is 310 g/mol. The van der Waals surface area contributed by atoms with Crippen molar-refractivity contribution in [2.24, 2.45) is 0 Å². The molecule has 5 heteroatoms. The monoisotopic (exact) mass is 325 g/mol. The number of hydrogen-bond donors (Lipinski definition) is 1. The predicted molar refractivity (Wildman–Crippen MR) is 90.8 cm³/mol. The Kier molecular flexibility index (Phi) is 4.55. The molecule has 0 radical (unpaired) electrons. The highest BCUT2D eigenvalue weighted by molar-refractivity contribution is 6.30. The maximum absolute atomic E-state index is 11.1. The molecule has 0 bridgehead atoms. The van der Waals surface area contributed by atoms with Crippen LogP contribution in [0.15, 0.2) is 73.5 Å². The van der Waals surface area contributed by atoms with E-state index < -0.39 is 5.60 Å². The van der Waals surface area contributed by atoms with E-state index >= 15 is 0 Å². The van der Waals surface area contributed by atoms with Gasteiger partial charge in [-0.15, -0.1) is 0 Å². The van der Waals surface area contributed by atoms with Gasteiger partial charge in [0.2, 0.25) is 0 Å². The van der Waals surface area contributed by atoms with Crippen LogP contribution in [0.1, 0.15) is 11.3 Å². The average Bonchev–Trinajstić information content (AvgIpc) is 3.08. The molecular formula is C18H16ClN3O. The maximum Gasteiger partial charge on any atom is 0.143 e. The predicted octanol–water partition coefficient (Wildman–Crippen LogP) is 3.53. The van der Waals surface area contributed by atoms with Gasteiger partial charge in [0.25, 0.3) is 0 Å². The Bertz CT molecular complexity index is 770. The maximum atomic E-state index is 11.1. The minimum Gasteiger partial charge on any atom is -0.377 e. The molecule has 2 aromatic heterocycles. The molecule has 1 aromatic carbocycles. The van der Waals surface area contributed by atoms with Gasteiger partial charge < -0.3 is 9.67 Å². The first-order chi connectivity index (χ1) is 11.2. The number of aromatic nitrogens is 3. The molecule has 0 fully saturated rings. The SMILES string of the molecule is O[C@@](/C=C\c1ccc(Cl)cc1)(Cn1ccnc1)c1ccccn1. The molecule has 0 unspecified atom stereocenters. The van der Waals surface area contributed by atoms with Gasteiger partial charge in [0.15, 0.2) is 0 Å². The summed E-state index contributed by atoms with van der Waals surface area (Å²) >= 11 is 5.90. The Morgan fingerprint density at radius 2 is 1.96 bits per heavy atom. The fourth-order valence-corrected chi connectivity index (χ4v) is 2.43. The minimum absolute atomic E-state index is 0.327. The minimum atomic E-state index is -1.23. The average molecular weight is 326 g/mol. The zero-order valence-corrected chi connectivity index (χ0v) is 13.1. The summed E-state index contributed by atoms with van der Waals surface area (Å²) in [6, 6.07) is 12.9. The lowest BCUT2D eigenvalue weighted by atomic mass is 9.97. The van der Waals surface area contributed by atoms with Gasteiger partial charge in [-0.1, -0.05) is 35.9 Å². The Morgan fingerprint density at radius 1 is 1.13 bits per heavy atom. The zero-order valence-electron chi connectivity index (χ0n) is 12.4. The summed E-state index contributed by atoms with van der Waals surface area (Å²) in [7, 11) is 0. The van der Waals surface area contributed by atoms with Crippen LogP contribution in [0.4, 0.5) is 0 Å². The van der Waals surface area contributed by atoms with E-state index in [-0.39, 0.29) is 0 Å². The summed E-state index contributed by atoms with van der Waals surface area (Å²) in [5, 5.41) is 11.8. The van der Waals surface area contributed by atoms with Crippen LogP contribution >= 0.6 is 11.6 Å². The quantitative estimate of drug-likeness (QED) is 0.780. The third-order valence-electron chi connectivity index (χ3n) is 3.51. The van der Waals surface area contributed by atoms with E-state index in [1.165, 1.54) is 0 Å². The number of rotatable bonds is 5. The molecule has 1 N–H and O–H groups in total. The number of nitrogens with zero attached hydrogens (tertiary/aromatic N) is 3. The second-order valence-electron chi connectivity index (χ2n) is 5.26. The van der Waals surface area contributed by atoms with E-state index in [1.54, 1.807) is 24.8 Å². The van der Waals surface area contributed by atoms with Crippen LogP contribution in [0.25, 0.3) is 6.08 Å². The lowest BCUT2D eigenvalue weighted by molar-refractivity contribution is 0.0659. The first-order valence-corrected chi connectivity index (χ1v) is 7.58. The van der Waals surface area contributed by atoms with Crippen LogP contribution in [0, 0.1) is 0 Å². The lowest BCUT2D eigenvalue weighted by Gasteiger charge is -2.24. The Labute approximate surface area is 139 Å². The summed E-state index contributed by atoms with van der Waals surface area (Å²) in [4.78, 5) is 8.32. The van der Waals surface area contributed by atoms with Crippen molar-refractivity contribution in [2.75, 3.05) is 0 Å². The third-order valence-corrected chi connectivity index (χ3v) is 3.76. The van der Waals surface area contributed by atoms with Crippen molar-refractivity contribution in [2.45, 2.75) is 12.1 Å². The fourth-order valence-electron chi connectivity index (χ4n) is 2.30. The summed E-state index contributed by atoms with van der Waals surface area (Å²) < 4.78 is 1.82. The van der Waals surface area contributed by atoms with Crippen LogP contribution in [-0.2, 0) is 12.1 Å². The Hall–Kier alpha value is -2.43. The van der Waals surface area contributed by atoms with Crippen LogP contribution in [0.5, 0.6) is 0 Å². The van der Waals surface area contributed by atoms with E-state index in [0.29, 0.717) is 17.3 Å². The molecule has 0 saturated carbocycles. The van der Waals surface area contributed by atoms with Gasteiger partial charge in [-0.3, -0.25) is 4.98 Å². The summed E-state index contributed by atoms with van der Waals surface area (Å²) in [6.07, 6.45) is 10.4. The number of halogens is 1. The van der Waals surface area contributed by atoms with Gasteiger partial charge in [-0.2, -0.15) is 0 Å². The van der Waals surface area contributed by atoms with Gasteiger partial charge in [0, 0.05) is 23.6 Å². The van der Waals surface area contributed by atoms with E-state index in [0.717, 1.165) is 5.56 Å². The second kappa shape index (κ2) is 6.77. The van der Waals surface area contributed by atoms with Gasteiger partial charge in [-0.05, 0) is 35.9 Å². The molecule has 0 spiro atoms. The van der Waals surface area contributed by atoms with Crippen molar-refractivity contribution in [1.29, 1.82) is 0 Å². The summed E-state index contributed by atoms with van der Waals surface area (Å²) in [6.45, 7) is 0.327. The lowest BCUT2D eigenvalue weighted by Crippen LogP contribution is -2.29. The van der Waals surface area contributed by atoms with Crippen molar-refractivity contribution in [3.8, 4) is 0 Å². The number of hydrogen-bond acceptors (Lipinski definition) is 3. The molecule has 3 rings (SSSR count). The van der Waals surface area contributed by atoms with E-state index in [9.17, 15) is 5.11 Å². The topological polar surface area (TPSA) is 50.9 Å². The van der Waals surface area contributed by atoms with E-state index in [2.05, 4.69) is 9.97 Å². The zero-order chi connectivity index (χ0) is 16.1. The molecule has 116 valence electrons. The molecule has 23 heavy (non-hydrogen) atoms. The van der Waals surface area contributed by atoms with Crippen molar-refractivity contribution in [1.82, 2.24) is 14.5 Å². The number of imidazole rings is 1. The second-order valence-corrected chi connectivity index (χ2v) is 5.70. The fraction of sp³-hybridized carbons (Fsp3) is 0.111.